The molecular formula is C22H20FN3O. The number of nitrogens with zero attached hydrogens (tertiary/aromatic N) is 2. The molecule has 4 nitrogen and oxygen atoms in total. The van der Waals surface area contributed by atoms with Gasteiger partial charge in [0.15, 0.2) is 0 Å². The third-order valence-electron chi connectivity index (χ3n) is 5.82. The number of halogens is 1. The van der Waals surface area contributed by atoms with Crippen LogP contribution in [-0.4, -0.2) is 27.5 Å². The summed E-state index contributed by atoms with van der Waals surface area (Å²) in [5.41, 5.74) is 4.66. The van der Waals surface area contributed by atoms with Gasteiger partial charge in [0, 0.05) is 36.3 Å². The summed E-state index contributed by atoms with van der Waals surface area (Å²) in [7, 11) is 0. The van der Waals surface area contributed by atoms with Crippen LogP contribution >= 0.6 is 0 Å². The Morgan fingerprint density at radius 2 is 1.81 bits per heavy atom. The zero-order valence-electron chi connectivity index (χ0n) is 14.9. The largest absolute Gasteiger partial charge is 0.337 e. The maximum absolute atomic E-state index is 13.3. The first-order valence-electron chi connectivity index (χ1n) is 9.34. The van der Waals surface area contributed by atoms with Gasteiger partial charge in [0.2, 0.25) is 5.91 Å². The molecule has 1 aliphatic carbocycles. The van der Waals surface area contributed by atoms with Crippen molar-refractivity contribution in [1.82, 2.24) is 15.1 Å². The van der Waals surface area contributed by atoms with E-state index < -0.39 is 5.41 Å². The highest BCUT2D eigenvalue weighted by Gasteiger charge is 2.53. The van der Waals surface area contributed by atoms with Crippen molar-refractivity contribution in [2.45, 2.75) is 31.2 Å². The van der Waals surface area contributed by atoms with Gasteiger partial charge in [-0.05, 0) is 30.5 Å². The molecule has 5 heteroatoms. The number of rotatable bonds is 3. The maximum atomic E-state index is 13.3. The van der Waals surface area contributed by atoms with Crippen molar-refractivity contribution in [2.24, 2.45) is 0 Å². The van der Waals surface area contributed by atoms with Crippen LogP contribution in [0.25, 0.3) is 11.3 Å². The Morgan fingerprint density at radius 3 is 2.52 bits per heavy atom. The SMILES string of the molecule is O=C(N1CCc2[nH]nc(-c3ccccc3)c2C1)C1(c2ccc(F)cc2)CC1. The fraction of sp³-hybridized carbons (Fsp3) is 0.273. The van der Waals surface area contributed by atoms with E-state index in [-0.39, 0.29) is 11.7 Å². The van der Waals surface area contributed by atoms with E-state index in [1.165, 1.54) is 12.1 Å². The molecule has 0 unspecified atom stereocenters. The first-order valence-corrected chi connectivity index (χ1v) is 9.34. The smallest absolute Gasteiger partial charge is 0.233 e. The fourth-order valence-electron chi connectivity index (χ4n) is 4.13. The lowest BCUT2D eigenvalue weighted by molar-refractivity contribution is -0.134. The summed E-state index contributed by atoms with van der Waals surface area (Å²) < 4.78 is 13.3. The average Bonchev–Trinajstić information content (AvgIpc) is 3.41. The molecule has 0 radical (unpaired) electrons. The van der Waals surface area contributed by atoms with E-state index in [4.69, 9.17) is 0 Å². The Bertz CT molecular complexity index is 990. The molecule has 2 aliphatic rings. The summed E-state index contributed by atoms with van der Waals surface area (Å²) in [5, 5.41) is 7.65. The average molecular weight is 361 g/mol. The lowest BCUT2D eigenvalue weighted by Gasteiger charge is -2.31. The number of aromatic nitrogens is 2. The van der Waals surface area contributed by atoms with Gasteiger partial charge in [-0.2, -0.15) is 5.10 Å². The number of benzene rings is 2. The van der Waals surface area contributed by atoms with Crippen LogP contribution in [0.2, 0.25) is 0 Å². The minimum atomic E-state index is -0.470. The first-order chi connectivity index (χ1) is 13.2. The van der Waals surface area contributed by atoms with Crippen molar-refractivity contribution in [2.75, 3.05) is 6.54 Å². The van der Waals surface area contributed by atoms with Gasteiger partial charge in [-0.3, -0.25) is 9.89 Å². The van der Waals surface area contributed by atoms with Crippen LogP contribution < -0.4 is 0 Å². The van der Waals surface area contributed by atoms with Gasteiger partial charge in [0.25, 0.3) is 0 Å². The summed E-state index contributed by atoms with van der Waals surface area (Å²) >= 11 is 0. The number of hydrogen-bond acceptors (Lipinski definition) is 2. The molecule has 0 spiro atoms. The van der Waals surface area contributed by atoms with Crippen molar-refractivity contribution in [1.29, 1.82) is 0 Å². The predicted octanol–water partition coefficient (Wildman–Crippen LogP) is 3.83. The van der Waals surface area contributed by atoms with E-state index in [0.717, 1.165) is 47.3 Å². The van der Waals surface area contributed by atoms with Crippen molar-refractivity contribution < 1.29 is 9.18 Å². The van der Waals surface area contributed by atoms with Gasteiger partial charge < -0.3 is 4.90 Å². The number of fused-ring (bicyclic) bond motifs is 1. The Hall–Kier alpha value is -2.95. The zero-order valence-corrected chi connectivity index (χ0v) is 14.9. The lowest BCUT2D eigenvalue weighted by Crippen LogP contribution is -2.42. The highest BCUT2D eigenvalue weighted by molar-refractivity contribution is 5.91. The monoisotopic (exact) mass is 361 g/mol. The first kappa shape index (κ1) is 16.2. The van der Waals surface area contributed by atoms with Gasteiger partial charge in [-0.1, -0.05) is 42.5 Å². The Kier molecular flexibility index (Phi) is 3.64. The molecule has 1 amide bonds. The van der Waals surface area contributed by atoms with Gasteiger partial charge >= 0.3 is 0 Å². The van der Waals surface area contributed by atoms with Crippen LogP contribution in [0.15, 0.2) is 54.6 Å². The predicted molar refractivity (Wildman–Crippen MR) is 100 cm³/mol. The van der Waals surface area contributed by atoms with E-state index in [1.54, 1.807) is 12.1 Å². The van der Waals surface area contributed by atoms with Crippen molar-refractivity contribution in [3.8, 4) is 11.3 Å². The quantitative estimate of drug-likeness (QED) is 0.771. The van der Waals surface area contributed by atoms with Crippen LogP contribution in [0.5, 0.6) is 0 Å². The topological polar surface area (TPSA) is 49.0 Å². The molecule has 3 aromatic rings. The third-order valence-corrected chi connectivity index (χ3v) is 5.82. The van der Waals surface area contributed by atoms with Gasteiger partial charge in [0.05, 0.1) is 11.1 Å². The number of aromatic amines is 1. The zero-order chi connectivity index (χ0) is 18.4. The minimum absolute atomic E-state index is 0.153. The van der Waals surface area contributed by atoms with E-state index in [0.29, 0.717) is 13.1 Å². The maximum Gasteiger partial charge on any atom is 0.233 e. The molecule has 5 rings (SSSR count). The molecule has 27 heavy (non-hydrogen) atoms. The van der Waals surface area contributed by atoms with E-state index in [2.05, 4.69) is 10.2 Å². The van der Waals surface area contributed by atoms with Crippen molar-refractivity contribution in [3.63, 3.8) is 0 Å². The molecule has 1 N–H and O–H groups in total. The molecule has 1 aromatic heterocycles. The third kappa shape index (κ3) is 2.65. The second kappa shape index (κ2) is 6.05. The molecule has 0 atom stereocenters. The van der Waals surface area contributed by atoms with Gasteiger partial charge in [-0.15, -0.1) is 0 Å². The van der Waals surface area contributed by atoms with Crippen molar-refractivity contribution >= 4 is 5.91 Å². The Labute approximate surface area is 157 Å². The summed E-state index contributed by atoms with van der Waals surface area (Å²) in [4.78, 5) is 15.3. The standard InChI is InChI=1S/C22H20FN3O/c23-17-8-6-16(7-9-17)22(11-12-22)21(27)26-13-10-19-18(14-26)20(25-24-19)15-4-2-1-3-5-15/h1-9H,10-14H2,(H,24,25). The van der Waals surface area contributed by atoms with E-state index >= 15 is 0 Å². The Balaban J connectivity index is 1.43. The highest BCUT2D eigenvalue weighted by Crippen LogP contribution is 2.50. The van der Waals surface area contributed by atoms with Crippen LogP contribution in [0.3, 0.4) is 0 Å². The molecule has 2 heterocycles. The van der Waals surface area contributed by atoms with Crippen LogP contribution in [-0.2, 0) is 23.2 Å². The number of hydrogen-bond donors (Lipinski definition) is 1. The second-order valence-electron chi connectivity index (χ2n) is 7.46. The molecule has 1 fully saturated rings. The number of amides is 1. The molecule has 1 aliphatic heterocycles. The number of carbonyl (C=O) groups is 1. The number of carbonyl (C=O) groups excluding carboxylic acids is 1. The molecule has 136 valence electrons. The molecule has 2 aromatic carbocycles. The van der Waals surface area contributed by atoms with E-state index in [1.807, 2.05) is 35.2 Å². The van der Waals surface area contributed by atoms with Crippen LogP contribution in [0.4, 0.5) is 4.39 Å². The van der Waals surface area contributed by atoms with Crippen LogP contribution in [0.1, 0.15) is 29.7 Å². The number of nitrogens with one attached hydrogen (secondary N) is 1. The fourth-order valence-corrected chi connectivity index (χ4v) is 4.13. The summed E-state index contributed by atoms with van der Waals surface area (Å²) in [6.45, 7) is 1.25. The normalized spacial score (nSPS) is 17.4. The summed E-state index contributed by atoms with van der Waals surface area (Å²) in [6.07, 6.45) is 2.44. The van der Waals surface area contributed by atoms with Gasteiger partial charge in [-0.25, -0.2) is 4.39 Å². The van der Waals surface area contributed by atoms with E-state index in [9.17, 15) is 9.18 Å². The highest BCUT2D eigenvalue weighted by atomic mass is 19.1. The molecule has 0 bridgehead atoms. The Morgan fingerprint density at radius 1 is 1.07 bits per heavy atom. The van der Waals surface area contributed by atoms with Gasteiger partial charge in [0.1, 0.15) is 5.82 Å². The van der Waals surface area contributed by atoms with Crippen molar-refractivity contribution in [3.05, 3.63) is 77.2 Å². The van der Waals surface area contributed by atoms with Crippen LogP contribution in [0, 0.1) is 5.82 Å². The second-order valence-corrected chi connectivity index (χ2v) is 7.46. The molecule has 0 saturated heterocycles. The molecule has 1 saturated carbocycles. The minimum Gasteiger partial charge on any atom is -0.337 e. The summed E-state index contributed by atoms with van der Waals surface area (Å²) in [6, 6.07) is 16.5. The lowest BCUT2D eigenvalue weighted by atomic mass is 9.92. The summed E-state index contributed by atoms with van der Waals surface area (Å²) in [5.74, 6) is -0.115. The molecular weight excluding hydrogens is 341 g/mol. The number of H-pyrrole nitrogens is 1.